The quantitative estimate of drug-likeness (QED) is 0.705. The largest absolute Gasteiger partial charge is 0.397 e. The zero-order chi connectivity index (χ0) is 12.3. The Morgan fingerprint density at radius 3 is 2.35 bits per heavy atom. The van der Waals surface area contributed by atoms with E-state index in [1.54, 1.807) is 0 Å². The Morgan fingerprint density at radius 1 is 1.00 bits per heavy atom. The van der Waals surface area contributed by atoms with Crippen molar-refractivity contribution >= 4 is 22.7 Å². The average Bonchev–Trinajstić information content (AvgIpc) is 2.34. The minimum absolute atomic E-state index is 0.767. The Bertz CT molecular complexity index is 506. The Hall–Kier alpha value is -2.16. The first-order valence-electron chi connectivity index (χ1n) is 5.60. The van der Waals surface area contributed by atoms with E-state index in [0.717, 1.165) is 28.3 Å². The number of aryl methyl sites for hydroxylation is 1. The Kier molecular flexibility index (Phi) is 3.19. The summed E-state index contributed by atoms with van der Waals surface area (Å²) >= 11 is 0. The second-order valence-corrected chi connectivity index (χ2v) is 4.00. The molecule has 0 saturated heterocycles. The summed E-state index contributed by atoms with van der Waals surface area (Å²) in [6, 6.07) is 14.1. The summed E-state index contributed by atoms with van der Waals surface area (Å²) in [7, 11) is 1.87. The van der Waals surface area contributed by atoms with Crippen molar-refractivity contribution in [3.8, 4) is 0 Å². The molecule has 0 radical (unpaired) electrons. The van der Waals surface area contributed by atoms with Crippen LogP contribution in [-0.2, 0) is 0 Å². The van der Waals surface area contributed by atoms with E-state index in [4.69, 9.17) is 5.73 Å². The lowest BCUT2D eigenvalue weighted by molar-refractivity contribution is 1.41. The van der Waals surface area contributed by atoms with Gasteiger partial charge in [-0.1, -0.05) is 18.2 Å². The fourth-order valence-corrected chi connectivity index (χ4v) is 1.76. The van der Waals surface area contributed by atoms with E-state index in [1.165, 1.54) is 0 Å². The highest BCUT2D eigenvalue weighted by Crippen LogP contribution is 2.28. The van der Waals surface area contributed by atoms with Crippen molar-refractivity contribution in [2.75, 3.05) is 23.4 Å². The highest BCUT2D eigenvalue weighted by molar-refractivity contribution is 5.76. The fourth-order valence-electron chi connectivity index (χ4n) is 1.76. The van der Waals surface area contributed by atoms with Crippen molar-refractivity contribution in [2.45, 2.75) is 6.92 Å². The molecule has 0 aliphatic heterocycles. The Labute approximate surface area is 102 Å². The SMILES string of the molecule is CNc1cc(Nc2ccccc2)c(C)cc1N. The number of hydrogen-bond acceptors (Lipinski definition) is 3. The monoisotopic (exact) mass is 227 g/mol. The number of anilines is 4. The van der Waals surface area contributed by atoms with Gasteiger partial charge < -0.3 is 16.4 Å². The lowest BCUT2D eigenvalue weighted by Crippen LogP contribution is -2.00. The molecule has 0 bridgehead atoms. The normalized spacial score (nSPS) is 10.0. The predicted octanol–water partition coefficient (Wildman–Crippen LogP) is 3.36. The van der Waals surface area contributed by atoms with Gasteiger partial charge in [-0.2, -0.15) is 0 Å². The average molecular weight is 227 g/mol. The molecule has 3 nitrogen and oxygen atoms in total. The molecule has 0 fully saturated rings. The van der Waals surface area contributed by atoms with Gasteiger partial charge in [0.15, 0.2) is 0 Å². The summed E-state index contributed by atoms with van der Waals surface area (Å²) in [6.45, 7) is 2.04. The van der Waals surface area contributed by atoms with Crippen molar-refractivity contribution in [3.05, 3.63) is 48.0 Å². The van der Waals surface area contributed by atoms with Crippen LogP contribution in [0.3, 0.4) is 0 Å². The van der Waals surface area contributed by atoms with Crippen LogP contribution < -0.4 is 16.4 Å². The molecule has 3 heteroatoms. The maximum Gasteiger partial charge on any atom is 0.0592 e. The maximum atomic E-state index is 5.90. The molecule has 4 N–H and O–H groups in total. The third-order valence-corrected chi connectivity index (χ3v) is 2.72. The van der Waals surface area contributed by atoms with E-state index in [-0.39, 0.29) is 0 Å². The minimum Gasteiger partial charge on any atom is -0.397 e. The second kappa shape index (κ2) is 4.78. The molecule has 0 aromatic heterocycles. The lowest BCUT2D eigenvalue weighted by atomic mass is 10.1. The summed E-state index contributed by atoms with van der Waals surface area (Å²) in [5.41, 5.74) is 10.9. The standard InChI is InChI=1S/C14H17N3/c1-10-8-12(15)14(16-2)9-13(10)17-11-6-4-3-5-7-11/h3-9,16-17H,15H2,1-2H3. The molecule has 0 atom stereocenters. The number of nitrogen functional groups attached to an aromatic ring is 1. The van der Waals surface area contributed by atoms with E-state index in [2.05, 4.69) is 10.6 Å². The molecular weight excluding hydrogens is 210 g/mol. The van der Waals surface area contributed by atoms with Crippen molar-refractivity contribution in [3.63, 3.8) is 0 Å². The van der Waals surface area contributed by atoms with Crippen LogP contribution in [0.2, 0.25) is 0 Å². The highest BCUT2D eigenvalue weighted by atomic mass is 14.9. The molecule has 0 heterocycles. The number of nitrogens with two attached hydrogens (primary N) is 1. The van der Waals surface area contributed by atoms with Gasteiger partial charge in [0.2, 0.25) is 0 Å². The van der Waals surface area contributed by atoms with Gasteiger partial charge in [0.05, 0.1) is 11.4 Å². The fraction of sp³-hybridized carbons (Fsp3) is 0.143. The summed E-state index contributed by atoms with van der Waals surface area (Å²) in [5.74, 6) is 0. The molecule has 0 saturated carbocycles. The molecule has 2 aromatic carbocycles. The zero-order valence-electron chi connectivity index (χ0n) is 10.1. The molecule has 0 amide bonds. The molecule has 88 valence electrons. The summed E-state index contributed by atoms with van der Waals surface area (Å²) in [5, 5.41) is 6.46. The molecule has 0 aliphatic rings. The Balaban J connectivity index is 2.33. The molecule has 0 spiro atoms. The minimum atomic E-state index is 0.767. The van der Waals surface area contributed by atoms with E-state index in [0.29, 0.717) is 0 Å². The summed E-state index contributed by atoms with van der Waals surface area (Å²) in [6.07, 6.45) is 0. The van der Waals surface area contributed by atoms with Gasteiger partial charge in [0.25, 0.3) is 0 Å². The second-order valence-electron chi connectivity index (χ2n) is 4.00. The van der Waals surface area contributed by atoms with Crippen LogP contribution in [0, 0.1) is 6.92 Å². The highest BCUT2D eigenvalue weighted by Gasteiger charge is 2.04. The van der Waals surface area contributed by atoms with Crippen LogP contribution in [0.15, 0.2) is 42.5 Å². The molecule has 2 aromatic rings. The molecule has 2 rings (SSSR count). The van der Waals surface area contributed by atoms with Crippen molar-refractivity contribution in [1.82, 2.24) is 0 Å². The van der Waals surface area contributed by atoms with Crippen molar-refractivity contribution < 1.29 is 0 Å². The zero-order valence-corrected chi connectivity index (χ0v) is 10.1. The molecule has 17 heavy (non-hydrogen) atoms. The van der Waals surface area contributed by atoms with Gasteiger partial charge in [-0.15, -0.1) is 0 Å². The molecule has 0 unspecified atom stereocenters. The van der Waals surface area contributed by atoms with Gasteiger partial charge in [-0.25, -0.2) is 0 Å². The van der Waals surface area contributed by atoms with Crippen LogP contribution in [0.5, 0.6) is 0 Å². The first-order chi connectivity index (χ1) is 8.20. The first-order valence-corrected chi connectivity index (χ1v) is 5.60. The van der Waals surface area contributed by atoms with Crippen LogP contribution in [-0.4, -0.2) is 7.05 Å². The first kappa shape index (κ1) is 11.3. The number of hydrogen-bond donors (Lipinski definition) is 3. The van der Waals surface area contributed by atoms with Gasteiger partial charge in [-0.3, -0.25) is 0 Å². The van der Waals surface area contributed by atoms with Gasteiger partial charge >= 0.3 is 0 Å². The third kappa shape index (κ3) is 2.50. The summed E-state index contributed by atoms with van der Waals surface area (Å²) in [4.78, 5) is 0. The maximum absolute atomic E-state index is 5.90. The number of para-hydroxylation sites is 1. The van der Waals surface area contributed by atoms with E-state index < -0.39 is 0 Å². The van der Waals surface area contributed by atoms with Crippen LogP contribution >= 0.6 is 0 Å². The topological polar surface area (TPSA) is 50.1 Å². The van der Waals surface area contributed by atoms with Crippen LogP contribution in [0.4, 0.5) is 22.7 Å². The van der Waals surface area contributed by atoms with Crippen molar-refractivity contribution in [1.29, 1.82) is 0 Å². The van der Waals surface area contributed by atoms with E-state index in [1.807, 2.05) is 56.4 Å². The van der Waals surface area contributed by atoms with Crippen LogP contribution in [0.1, 0.15) is 5.56 Å². The molecular formula is C14H17N3. The van der Waals surface area contributed by atoms with Gasteiger partial charge in [-0.05, 0) is 36.8 Å². The smallest absolute Gasteiger partial charge is 0.0592 e. The van der Waals surface area contributed by atoms with E-state index in [9.17, 15) is 0 Å². The summed E-state index contributed by atoms with van der Waals surface area (Å²) < 4.78 is 0. The van der Waals surface area contributed by atoms with Crippen LogP contribution in [0.25, 0.3) is 0 Å². The Morgan fingerprint density at radius 2 is 1.71 bits per heavy atom. The van der Waals surface area contributed by atoms with Gasteiger partial charge in [0.1, 0.15) is 0 Å². The lowest BCUT2D eigenvalue weighted by Gasteiger charge is -2.13. The number of nitrogens with one attached hydrogen (secondary N) is 2. The molecule has 0 aliphatic carbocycles. The van der Waals surface area contributed by atoms with Crippen molar-refractivity contribution in [2.24, 2.45) is 0 Å². The number of benzene rings is 2. The number of rotatable bonds is 3. The van der Waals surface area contributed by atoms with Gasteiger partial charge in [0, 0.05) is 18.4 Å². The predicted molar refractivity (Wildman–Crippen MR) is 74.9 cm³/mol. The van der Waals surface area contributed by atoms with E-state index >= 15 is 0 Å². The third-order valence-electron chi connectivity index (χ3n) is 2.72.